The maximum atomic E-state index is 5.69. The minimum Gasteiger partial charge on any atom is -0.381 e. The lowest BCUT2D eigenvalue weighted by Crippen LogP contribution is -2.48. The summed E-state index contributed by atoms with van der Waals surface area (Å²) in [7, 11) is 0. The maximum Gasteiger partial charge on any atom is 0.0521 e. The van der Waals surface area contributed by atoms with Gasteiger partial charge in [-0.2, -0.15) is 0 Å². The van der Waals surface area contributed by atoms with Crippen molar-refractivity contribution in [3.05, 3.63) is 21.9 Å². The van der Waals surface area contributed by atoms with Crippen molar-refractivity contribution in [1.29, 1.82) is 0 Å². The summed E-state index contributed by atoms with van der Waals surface area (Å²) in [5, 5.41) is 5.87. The molecule has 3 nitrogen and oxygen atoms in total. The lowest BCUT2D eigenvalue weighted by Gasteiger charge is -2.37. The Labute approximate surface area is 119 Å². The summed E-state index contributed by atoms with van der Waals surface area (Å²) in [6.07, 6.45) is 2.39. The highest BCUT2D eigenvalue weighted by Crippen LogP contribution is 2.25. The van der Waals surface area contributed by atoms with Gasteiger partial charge in [0.2, 0.25) is 0 Å². The molecule has 106 valence electrons. The highest BCUT2D eigenvalue weighted by Gasteiger charge is 2.28. The third-order valence-corrected chi connectivity index (χ3v) is 5.34. The molecule has 4 heteroatoms. The average Bonchev–Trinajstić information content (AvgIpc) is 2.89. The fourth-order valence-corrected chi connectivity index (χ4v) is 4.19. The average molecular weight is 280 g/mol. The van der Waals surface area contributed by atoms with Crippen molar-refractivity contribution in [2.45, 2.75) is 32.4 Å². The van der Waals surface area contributed by atoms with Crippen molar-refractivity contribution in [2.24, 2.45) is 5.92 Å². The largest absolute Gasteiger partial charge is 0.381 e. The number of nitrogens with one attached hydrogen (secondary N) is 1. The van der Waals surface area contributed by atoms with E-state index in [4.69, 9.17) is 4.74 Å². The molecular weight excluding hydrogens is 256 g/mol. The van der Waals surface area contributed by atoms with Crippen molar-refractivity contribution in [2.75, 3.05) is 32.8 Å². The number of ether oxygens (including phenoxy) is 1. The number of nitrogens with zero attached hydrogens (tertiary/aromatic N) is 1. The van der Waals surface area contributed by atoms with Gasteiger partial charge in [-0.3, -0.25) is 4.90 Å². The van der Waals surface area contributed by atoms with Gasteiger partial charge in [-0.05, 0) is 36.4 Å². The summed E-state index contributed by atoms with van der Waals surface area (Å²) in [4.78, 5) is 4.21. The summed E-state index contributed by atoms with van der Waals surface area (Å²) in [6.45, 7) is 8.62. The van der Waals surface area contributed by atoms with Crippen molar-refractivity contribution >= 4 is 11.3 Å². The molecule has 0 spiro atoms. The lowest BCUT2D eigenvalue weighted by atomic mass is 9.94. The van der Waals surface area contributed by atoms with Crippen LogP contribution < -0.4 is 5.32 Å². The molecule has 2 aliphatic rings. The van der Waals surface area contributed by atoms with Gasteiger partial charge in [-0.15, -0.1) is 11.3 Å². The van der Waals surface area contributed by atoms with E-state index in [2.05, 4.69) is 28.6 Å². The van der Waals surface area contributed by atoms with Crippen LogP contribution in [0.2, 0.25) is 0 Å². The van der Waals surface area contributed by atoms with Crippen LogP contribution in [0, 0.1) is 5.92 Å². The van der Waals surface area contributed by atoms with Crippen LogP contribution in [0.15, 0.2) is 11.4 Å². The predicted molar refractivity (Wildman–Crippen MR) is 79.7 cm³/mol. The first-order valence-electron chi connectivity index (χ1n) is 7.45. The number of fused-ring (bicyclic) bond motifs is 1. The molecule has 2 atom stereocenters. The van der Waals surface area contributed by atoms with Gasteiger partial charge in [0.25, 0.3) is 0 Å². The second kappa shape index (κ2) is 6.35. The van der Waals surface area contributed by atoms with E-state index in [1.165, 1.54) is 19.5 Å². The van der Waals surface area contributed by atoms with Crippen LogP contribution in [0.25, 0.3) is 0 Å². The van der Waals surface area contributed by atoms with E-state index < -0.39 is 0 Å². The van der Waals surface area contributed by atoms with Gasteiger partial charge in [0.05, 0.1) is 6.61 Å². The summed E-state index contributed by atoms with van der Waals surface area (Å²) in [5.41, 5.74) is 1.55. The van der Waals surface area contributed by atoms with Gasteiger partial charge >= 0.3 is 0 Å². The Balaban J connectivity index is 1.58. The molecule has 1 fully saturated rings. The molecule has 3 heterocycles. The van der Waals surface area contributed by atoms with E-state index in [0.717, 1.165) is 32.7 Å². The van der Waals surface area contributed by atoms with E-state index >= 15 is 0 Å². The molecule has 0 aromatic carbocycles. The molecular formula is C15H24N2OS. The number of rotatable bonds is 4. The van der Waals surface area contributed by atoms with Gasteiger partial charge in [-0.1, -0.05) is 6.92 Å². The molecule has 0 radical (unpaired) electrons. The first-order valence-corrected chi connectivity index (χ1v) is 8.33. The zero-order chi connectivity index (χ0) is 13.1. The molecule has 1 aromatic rings. The fourth-order valence-electron chi connectivity index (χ4n) is 3.30. The zero-order valence-corrected chi connectivity index (χ0v) is 12.5. The molecule has 19 heavy (non-hydrogen) atoms. The minimum atomic E-state index is 0.641. The van der Waals surface area contributed by atoms with Crippen molar-refractivity contribution in [3.8, 4) is 0 Å². The summed E-state index contributed by atoms with van der Waals surface area (Å²) in [5.74, 6) is 0.647. The molecule has 0 bridgehead atoms. The summed E-state index contributed by atoms with van der Waals surface area (Å²) >= 11 is 1.92. The third kappa shape index (κ3) is 3.19. The van der Waals surface area contributed by atoms with Crippen molar-refractivity contribution in [1.82, 2.24) is 10.2 Å². The molecule has 1 saturated heterocycles. The van der Waals surface area contributed by atoms with Gasteiger partial charge in [-0.25, -0.2) is 0 Å². The van der Waals surface area contributed by atoms with Gasteiger partial charge in [0.15, 0.2) is 0 Å². The Morgan fingerprint density at radius 1 is 1.53 bits per heavy atom. The molecule has 1 N–H and O–H groups in total. The second-order valence-electron chi connectivity index (χ2n) is 5.64. The highest BCUT2D eigenvalue weighted by molar-refractivity contribution is 7.10. The van der Waals surface area contributed by atoms with E-state index in [1.54, 1.807) is 10.4 Å². The number of thiophene rings is 1. The Morgan fingerprint density at radius 3 is 3.37 bits per heavy atom. The normalized spacial score (nSPS) is 28.3. The van der Waals surface area contributed by atoms with Crippen LogP contribution in [0.1, 0.15) is 23.8 Å². The monoisotopic (exact) mass is 280 g/mol. The van der Waals surface area contributed by atoms with Gasteiger partial charge in [0.1, 0.15) is 0 Å². The smallest absolute Gasteiger partial charge is 0.0521 e. The molecule has 2 unspecified atom stereocenters. The SMILES string of the molecule is CCNC1CCOCC1CN1CCc2sccc2C1. The Morgan fingerprint density at radius 2 is 2.47 bits per heavy atom. The fraction of sp³-hybridized carbons (Fsp3) is 0.733. The molecule has 1 aromatic heterocycles. The summed E-state index contributed by atoms with van der Waals surface area (Å²) < 4.78 is 5.69. The van der Waals surface area contributed by atoms with E-state index in [-0.39, 0.29) is 0 Å². The van der Waals surface area contributed by atoms with Gasteiger partial charge < -0.3 is 10.1 Å². The van der Waals surface area contributed by atoms with Crippen LogP contribution in [0.3, 0.4) is 0 Å². The number of hydrogen-bond acceptors (Lipinski definition) is 4. The van der Waals surface area contributed by atoms with E-state index in [0.29, 0.717) is 12.0 Å². The molecule has 2 aliphatic heterocycles. The Bertz CT molecular complexity index is 405. The van der Waals surface area contributed by atoms with Gasteiger partial charge in [0, 0.05) is 43.1 Å². The van der Waals surface area contributed by atoms with Crippen molar-refractivity contribution in [3.63, 3.8) is 0 Å². The summed E-state index contributed by atoms with van der Waals surface area (Å²) in [6, 6.07) is 2.94. The van der Waals surface area contributed by atoms with Crippen molar-refractivity contribution < 1.29 is 4.74 Å². The second-order valence-corrected chi connectivity index (χ2v) is 6.64. The zero-order valence-electron chi connectivity index (χ0n) is 11.7. The highest BCUT2D eigenvalue weighted by atomic mass is 32.1. The topological polar surface area (TPSA) is 24.5 Å². The Hall–Kier alpha value is -0.420. The first-order chi connectivity index (χ1) is 9.36. The predicted octanol–water partition coefficient (Wildman–Crippen LogP) is 2.12. The van der Waals surface area contributed by atoms with Crippen LogP contribution in [-0.2, 0) is 17.7 Å². The molecule has 0 amide bonds. The van der Waals surface area contributed by atoms with Crippen LogP contribution in [-0.4, -0.2) is 43.8 Å². The maximum absolute atomic E-state index is 5.69. The lowest BCUT2D eigenvalue weighted by molar-refractivity contribution is 0.0152. The van der Waals surface area contributed by atoms with Crippen LogP contribution >= 0.6 is 11.3 Å². The van der Waals surface area contributed by atoms with Crippen LogP contribution in [0.5, 0.6) is 0 Å². The van der Waals surface area contributed by atoms with E-state index in [1.807, 2.05) is 11.3 Å². The quantitative estimate of drug-likeness (QED) is 0.914. The molecule has 3 rings (SSSR count). The standard InChI is InChI=1S/C15H24N2OS/c1-2-16-14-4-7-18-11-13(14)10-17-6-3-15-12(9-17)5-8-19-15/h5,8,13-14,16H,2-4,6-7,9-11H2,1H3. The molecule has 0 saturated carbocycles. The number of hydrogen-bond donors (Lipinski definition) is 1. The first kappa shape index (κ1) is 13.6. The van der Waals surface area contributed by atoms with E-state index in [9.17, 15) is 0 Å². The molecule has 0 aliphatic carbocycles. The minimum absolute atomic E-state index is 0.641. The Kier molecular flexibility index (Phi) is 4.53. The third-order valence-electron chi connectivity index (χ3n) is 4.32. The van der Waals surface area contributed by atoms with Crippen LogP contribution in [0.4, 0.5) is 0 Å².